The molecule has 1 aliphatic rings. The quantitative estimate of drug-likeness (QED) is 0.852. The van der Waals surface area contributed by atoms with Gasteiger partial charge in [0.25, 0.3) is 5.91 Å². The number of hydrogen-bond donors (Lipinski definition) is 1. The van der Waals surface area contributed by atoms with Crippen molar-refractivity contribution in [2.24, 2.45) is 5.92 Å². The van der Waals surface area contributed by atoms with E-state index in [4.69, 9.17) is 5.26 Å². The molecule has 2 aromatic carbocycles. The second kappa shape index (κ2) is 9.24. The lowest BCUT2D eigenvalue weighted by Crippen LogP contribution is -2.42. The molecular weight excluding hydrogens is 364 g/mol. The molecule has 1 heterocycles. The predicted octanol–water partition coefficient (Wildman–Crippen LogP) is 2.79. The molecular formula is C23H26N4O2. The van der Waals surface area contributed by atoms with Gasteiger partial charge in [0, 0.05) is 50.9 Å². The van der Waals surface area contributed by atoms with Gasteiger partial charge in [0.1, 0.15) is 0 Å². The second-order valence-corrected chi connectivity index (χ2v) is 7.53. The number of nitriles is 1. The van der Waals surface area contributed by atoms with E-state index in [2.05, 4.69) is 11.4 Å². The first-order valence-corrected chi connectivity index (χ1v) is 9.81. The van der Waals surface area contributed by atoms with E-state index in [1.54, 1.807) is 29.2 Å². The maximum absolute atomic E-state index is 12.6. The first-order valence-electron chi connectivity index (χ1n) is 9.81. The first-order chi connectivity index (χ1) is 14.0. The number of piperidine rings is 1. The highest BCUT2D eigenvalue weighted by Gasteiger charge is 2.27. The van der Waals surface area contributed by atoms with Crippen LogP contribution in [0.3, 0.4) is 0 Å². The number of nitrogens with zero attached hydrogens (tertiary/aromatic N) is 3. The molecule has 6 nitrogen and oxygen atoms in total. The van der Waals surface area contributed by atoms with Crippen LogP contribution in [0.5, 0.6) is 0 Å². The van der Waals surface area contributed by atoms with Crippen molar-refractivity contribution in [3.05, 3.63) is 65.2 Å². The van der Waals surface area contributed by atoms with Crippen molar-refractivity contribution < 1.29 is 9.59 Å². The van der Waals surface area contributed by atoms with E-state index in [1.807, 2.05) is 43.3 Å². The fraction of sp³-hybridized carbons (Fsp3) is 0.348. The molecule has 1 fully saturated rings. The molecule has 0 unspecified atom stereocenters. The summed E-state index contributed by atoms with van der Waals surface area (Å²) in [5.41, 5.74) is 3.30. The normalized spacial score (nSPS) is 14.2. The van der Waals surface area contributed by atoms with Crippen LogP contribution in [0.1, 0.15) is 34.3 Å². The average molecular weight is 390 g/mol. The van der Waals surface area contributed by atoms with E-state index in [0.717, 1.165) is 11.3 Å². The maximum atomic E-state index is 12.6. The number of anilines is 1. The van der Waals surface area contributed by atoms with Gasteiger partial charge in [-0.1, -0.05) is 12.1 Å². The summed E-state index contributed by atoms with van der Waals surface area (Å²) in [6.07, 6.45) is 1.32. The Morgan fingerprint density at radius 2 is 1.69 bits per heavy atom. The van der Waals surface area contributed by atoms with Crippen LogP contribution in [0.25, 0.3) is 0 Å². The van der Waals surface area contributed by atoms with Crippen molar-refractivity contribution >= 4 is 17.5 Å². The zero-order valence-electron chi connectivity index (χ0n) is 16.9. The predicted molar refractivity (Wildman–Crippen MR) is 112 cm³/mol. The number of carbonyl (C=O) groups excluding carboxylic acids is 2. The van der Waals surface area contributed by atoms with Crippen molar-refractivity contribution in [1.29, 1.82) is 5.26 Å². The molecule has 150 valence electrons. The highest BCUT2D eigenvalue weighted by atomic mass is 16.2. The first kappa shape index (κ1) is 20.4. The molecule has 2 aromatic rings. The van der Waals surface area contributed by atoms with Gasteiger partial charge < -0.3 is 15.1 Å². The minimum Gasteiger partial charge on any atom is -0.378 e. The van der Waals surface area contributed by atoms with E-state index >= 15 is 0 Å². The van der Waals surface area contributed by atoms with Crippen LogP contribution in [0.15, 0.2) is 48.5 Å². The zero-order chi connectivity index (χ0) is 20.8. The Labute approximate surface area is 171 Å². The number of amides is 2. The summed E-state index contributed by atoms with van der Waals surface area (Å²) in [7, 11) is 3.99. The number of benzene rings is 2. The van der Waals surface area contributed by atoms with E-state index in [1.165, 1.54) is 0 Å². The lowest BCUT2D eigenvalue weighted by molar-refractivity contribution is -0.126. The molecule has 1 N–H and O–H groups in total. The Morgan fingerprint density at radius 1 is 1.07 bits per heavy atom. The van der Waals surface area contributed by atoms with Gasteiger partial charge in [0.05, 0.1) is 11.6 Å². The van der Waals surface area contributed by atoms with Crippen LogP contribution in [-0.2, 0) is 11.3 Å². The smallest absolute Gasteiger partial charge is 0.253 e. The van der Waals surface area contributed by atoms with Gasteiger partial charge in [-0.15, -0.1) is 0 Å². The molecule has 0 radical (unpaired) electrons. The second-order valence-electron chi connectivity index (χ2n) is 7.53. The minimum atomic E-state index is -0.0685. The molecule has 29 heavy (non-hydrogen) atoms. The van der Waals surface area contributed by atoms with Crippen LogP contribution < -0.4 is 10.2 Å². The zero-order valence-corrected chi connectivity index (χ0v) is 16.9. The summed E-state index contributed by atoms with van der Waals surface area (Å²) in [5, 5.41) is 11.9. The minimum absolute atomic E-state index is 0.0469. The van der Waals surface area contributed by atoms with E-state index in [9.17, 15) is 9.59 Å². The molecule has 0 spiro atoms. The number of hydrogen-bond acceptors (Lipinski definition) is 4. The van der Waals surface area contributed by atoms with E-state index < -0.39 is 0 Å². The van der Waals surface area contributed by atoms with Crippen LogP contribution in [0.4, 0.5) is 5.69 Å². The van der Waals surface area contributed by atoms with Gasteiger partial charge in [0.15, 0.2) is 0 Å². The Kier molecular flexibility index (Phi) is 6.50. The summed E-state index contributed by atoms with van der Waals surface area (Å²) in [4.78, 5) is 28.9. The molecule has 0 atom stereocenters. The summed E-state index contributed by atoms with van der Waals surface area (Å²) < 4.78 is 0. The molecule has 3 rings (SSSR count). The third kappa shape index (κ3) is 5.14. The summed E-state index contributed by atoms with van der Waals surface area (Å²) in [6, 6.07) is 16.8. The fourth-order valence-electron chi connectivity index (χ4n) is 3.46. The molecule has 0 aliphatic carbocycles. The van der Waals surface area contributed by atoms with Crippen molar-refractivity contribution in [2.75, 3.05) is 32.1 Å². The number of nitrogens with one attached hydrogen (secondary N) is 1. The largest absolute Gasteiger partial charge is 0.378 e. The molecule has 2 amide bonds. The highest BCUT2D eigenvalue weighted by Crippen LogP contribution is 2.20. The van der Waals surface area contributed by atoms with Gasteiger partial charge in [0.2, 0.25) is 5.91 Å². The van der Waals surface area contributed by atoms with Crippen molar-refractivity contribution in [3.63, 3.8) is 0 Å². The van der Waals surface area contributed by atoms with Gasteiger partial charge in [-0.3, -0.25) is 9.59 Å². The highest BCUT2D eigenvalue weighted by molar-refractivity contribution is 5.94. The molecule has 1 saturated heterocycles. The summed E-state index contributed by atoms with van der Waals surface area (Å²) in [5.74, 6) is -0.0671. The van der Waals surface area contributed by atoms with E-state index in [-0.39, 0.29) is 17.7 Å². The summed E-state index contributed by atoms with van der Waals surface area (Å²) in [6.45, 7) is 1.64. The van der Waals surface area contributed by atoms with Gasteiger partial charge in [-0.25, -0.2) is 0 Å². The fourth-order valence-corrected chi connectivity index (χ4v) is 3.46. The average Bonchev–Trinajstić information content (AvgIpc) is 2.77. The molecule has 0 aromatic heterocycles. The van der Waals surface area contributed by atoms with Crippen LogP contribution in [0.2, 0.25) is 0 Å². The third-order valence-corrected chi connectivity index (χ3v) is 5.33. The number of carbonyl (C=O) groups is 2. The lowest BCUT2D eigenvalue weighted by atomic mass is 9.95. The van der Waals surface area contributed by atoms with E-state index in [0.29, 0.717) is 43.6 Å². The molecule has 0 saturated carbocycles. The lowest BCUT2D eigenvalue weighted by Gasteiger charge is -2.31. The van der Waals surface area contributed by atoms with Crippen molar-refractivity contribution in [2.45, 2.75) is 19.4 Å². The van der Waals surface area contributed by atoms with Crippen LogP contribution >= 0.6 is 0 Å². The van der Waals surface area contributed by atoms with Crippen molar-refractivity contribution in [1.82, 2.24) is 10.2 Å². The van der Waals surface area contributed by atoms with Crippen LogP contribution in [0, 0.1) is 17.2 Å². The molecule has 6 heteroatoms. The Bertz CT molecular complexity index is 890. The number of likely N-dealkylation sites (tertiary alicyclic amines) is 1. The standard InChI is InChI=1S/C23H26N4O2/c1-26(2)21-9-5-18(6-10-21)16-25-22(28)19-11-13-27(14-12-19)23(29)20-7-3-17(15-24)4-8-20/h3-10,19H,11-14,16H2,1-2H3,(H,25,28). The van der Waals surface area contributed by atoms with Gasteiger partial charge in [-0.2, -0.15) is 5.26 Å². The molecule has 1 aliphatic heterocycles. The number of rotatable bonds is 5. The summed E-state index contributed by atoms with van der Waals surface area (Å²) >= 11 is 0. The Morgan fingerprint density at radius 3 is 2.24 bits per heavy atom. The third-order valence-electron chi connectivity index (χ3n) is 5.33. The molecule has 0 bridgehead atoms. The van der Waals surface area contributed by atoms with Crippen molar-refractivity contribution in [3.8, 4) is 6.07 Å². The topological polar surface area (TPSA) is 76.4 Å². The monoisotopic (exact) mass is 390 g/mol. The van der Waals surface area contributed by atoms with Crippen LogP contribution in [-0.4, -0.2) is 43.9 Å². The SMILES string of the molecule is CN(C)c1ccc(CNC(=O)C2CCN(C(=O)c3ccc(C#N)cc3)CC2)cc1. The Balaban J connectivity index is 1.47. The maximum Gasteiger partial charge on any atom is 0.253 e. The van der Waals surface area contributed by atoms with Gasteiger partial charge >= 0.3 is 0 Å². The Hall–Kier alpha value is -3.33. The van der Waals surface area contributed by atoms with Gasteiger partial charge in [-0.05, 0) is 54.8 Å².